The number of amides is 1. The predicted molar refractivity (Wildman–Crippen MR) is 150 cm³/mol. The summed E-state index contributed by atoms with van der Waals surface area (Å²) in [6.07, 6.45) is -0.379. The lowest BCUT2D eigenvalue weighted by molar-refractivity contribution is -0.143. The van der Waals surface area contributed by atoms with Crippen LogP contribution in [-0.4, -0.2) is 43.0 Å². The van der Waals surface area contributed by atoms with Gasteiger partial charge >= 0.3 is 12.1 Å². The Morgan fingerprint density at radius 3 is 2.13 bits per heavy atom. The van der Waals surface area contributed by atoms with Crippen molar-refractivity contribution in [2.24, 2.45) is 0 Å². The maximum absolute atomic E-state index is 13.4. The molecule has 0 fully saturated rings. The van der Waals surface area contributed by atoms with Crippen molar-refractivity contribution in [3.05, 3.63) is 89.0 Å². The molecule has 1 N–H and O–H groups in total. The fourth-order valence-electron chi connectivity index (χ4n) is 5.16. The summed E-state index contributed by atoms with van der Waals surface area (Å²) in [5.41, 5.74) is 6.35. The van der Waals surface area contributed by atoms with E-state index in [0.717, 1.165) is 39.1 Å². The quantitative estimate of drug-likeness (QED) is 0.367. The van der Waals surface area contributed by atoms with Crippen LogP contribution in [-0.2, 0) is 22.5 Å². The van der Waals surface area contributed by atoms with E-state index < -0.39 is 26.4 Å². The Kier molecular flexibility index (Phi) is 6.59. The van der Waals surface area contributed by atoms with Gasteiger partial charge in [0.1, 0.15) is 18.4 Å². The SMILES string of the molecule is CC(C)(C)[Si](C)(C)Oc1ccc2c(c1)CN(C(=O)OCC1c3ccccc3-c3ccccc31)[C@H](C(=O)O)C2. The summed E-state index contributed by atoms with van der Waals surface area (Å²) < 4.78 is 12.3. The molecule has 6 nitrogen and oxygen atoms in total. The molecule has 1 atom stereocenters. The molecular weight excluding hydrogens is 494 g/mol. The normalized spacial score (nSPS) is 16.9. The summed E-state index contributed by atoms with van der Waals surface area (Å²) in [6, 6.07) is 21.1. The highest BCUT2D eigenvalue weighted by atomic mass is 28.4. The molecule has 0 saturated heterocycles. The lowest BCUT2D eigenvalue weighted by Crippen LogP contribution is -2.49. The molecular formula is C31H35NO5Si. The fraction of sp³-hybridized carbons (Fsp3) is 0.355. The van der Waals surface area contributed by atoms with Crippen molar-refractivity contribution in [2.75, 3.05) is 6.61 Å². The van der Waals surface area contributed by atoms with E-state index in [2.05, 4.69) is 58.1 Å². The van der Waals surface area contributed by atoms with Crippen molar-refractivity contribution in [2.45, 2.75) is 63.8 Å². The summed E-state index contributed by atoms with van der Waals surface area (Å²) in [4.78, 5) is 26.9. The molecule has 198 valence electrons. The molecule has 1 aliphatic carbocycles. The van der Waals surface area contributed by atoms with Crippen LogP contribution in [0.2, 0.25) is 18.1 Å². The standard InChI is InChI=1S/C31H35NO5Si/c1-31(2,3)38(4,5)37-22-15-14-20-17-28(29(33)34)32(18-21(20)16-22)30(35)36-19-27-25-12-8-6-10-23(25)24-11-7-9-13-26(24)27/h6-16,27-28H,17-19H2,1-5H3,(H,33,34)/t28-/m0/s1. The van der Waals surface area contributed by atoms with Gasteiger partial charge in [-0.1, -0.05) is 75.4 Å². The monoisotopic (exact) mass is 529 g/mol. The van der Waals surface area contributed by atoms with E-state index in [9.17, 15) is 14.7 Å². The molecule has 0 unspecified atom stereocenters. The van der Waals surface area contributed by atoms with Crippen LogP contribution in [0.1, 0.15) is 48.9 Å². The summed E-state index contributed by atoms with van der Waals surface area (Å²) in [5.74, 6) is -0.362. The van der Waals surface area contributed by atoms with Gasteiger partial charge in [0.2, 0.25) is 8.32 Å². The summed E-state index contributed by atoms with van der Waals surface area (Å²) >= 11 is 0. The number of benzene rings is 3. The molecule has 3 aromatic carbocycles. The highest BCUT2D eigenvalue weighted by molar-refractivity contribution is 6.74. The molecule has 0 spiro atoms. The number of hydrogen-bond donors (Lipinski definition) is 1. The zero-order chi connectivity index (χ0) is 27.2. The van der Waals surface area contributed by atoms with Gasteiger partial charge in [-0.2, -0.15) is 0 Å². The minimum Gasteiger partial charge on any atom is -0.543 e. The Labute approximate surface area is 225 Å². The molecule has 0 bridgehead atoms. The maximum Gasteiger partial charge on any atom is 0.410 e. The van der Waals surface area contributed by atoms with Crippen molar-refractivity contribution < 1.29 is 23.9 Å². The van der Waals surface area contributed by atoms with Crippen LogP contribution < -0.4 is 4.43 Å². The average molecular weight is 530 g/mol. The number of nitrogens with zero attached hydrogens (tertiary/aromatic N) is 1. The van der Waals surface area contributed by atoms with Gasteiger partial charge in [-0.05, 0) is 63.6 Å². The van der Waals surface area contributed by atoms with Gasteiger partial charge in [0.15, 0.2) is 0 Å². The summed E-state index contributed by atoms with van der Waals surface area (Å²) in [6.45, 7) is 11.3. The third kappa shape index (κ3) is 4.71. The fourth-order valence-corrected chi connectivity index (χ4v) is 6.18. The van der Waals surface area contributed by atoms with E-state index in [1.54, 1.807) is 0 Å². The molecule has 0 saturated carbocycles. The van der Waals surface area contributed by atoms with Gasteiger partial charge in [0.05, 0.1) is 6.54 Å². The Morgan fingerprint density at radius 2 is 1.55 bits per heavy atom. The molecule has 1 heterocycles. The highest BCUT2D eigenvalue weighted by Gasteiger charge is 2.40. The second-order valence-electron chi connectivity index (χ2n) is 11.8. The zero-order valence-electron chi connectivity index (χ0n) is 22.7. The molecule has 3 aromatic rings. The van der Waals surface area contributed by atoms with Crippen LogP contribution in [0.25, 0.3) is 11.1 Å². The molecule has 38 heavy (non-hydrogen) atoms. The lowest BCUT2D eigenvalue weighted by Gasteiger charge is -2.37. The molecule has 7 heteroatoms. The Hall–Kier alpha value is -3.58. The number of carbonyl (C=O) groups is 2. The first-order chi connectivity index (χ1) is 18.0. The highest BCUT2D eigenvalue weighted by Crippen LogP contribution is 2.44. The summed E-state index contributed by atoms with van der Waals surface area (Å²) in [7, 11) is -2.05. The number of carboxylic acids is 1. The molecule has 0 aromatic heterocycles. The van der Waals surface area contributed by atoms with Crippen LogP contribution in [0.3, 0.4) is 0 Å². The van der Waals surface area contributed by atoms with Crippen molar-refractivity contribution in [3.63, 3.8) is 0 Å². The first-order valence-electron chi connectivity index (χ1n) is 13.1. The number of aliphatic carboxylic acids is 1. The van der Waals surface area contributed by atoms with Crippen molar-refractivity contribution in [3.8, 4) is 16.9 Å². The third-order valence-corrected chi connectivity index (χ3v) is 12.7. The maximum atomic E-state index is 13.4. The van der Waals surface area contributed by atoms with Crippen LogP contribution in [0.5, 0.6) is 5.75 Å². The van der Waals surface area contributed by atoms with Crippen molar-refractivity contribution in [1.82, 2.24) is 4.90 Å². The van der Waals surface area contributed by atoms with Gasteiger partial charge in [-0.15, -0.1) is 0 Å². The smallest absolute Gasteiger partial charge is 0.410 e. The van der Waals surface area contributed by atoms with E-state index in [-0.39, 0.29) is 30.5 Å². The first-order valence-corrected chi connectivity index (χ1v) is 16.0. The third-order valence-electron chi connectivity index (χ3n) is 8.34. The number of hydrogen-bond acceptors (Lipinski definition) is 4. The molecule has 1 aliphatic heterocycles. The first kappa shape index (κ1) is 26.0. The molecule has 0 radical (unpaired) electrons. The van der Waals surface area contributed by atoms with Crippen LogP contribution >= 0.6 is 0 Å². The minimum atomic E-state index is -2.05. The van der Waals surface area contributed by atoms with E-state index in [0.29, 0.717) is 0 Å². The number of carboxylic acid groups (broad SMARTS) is 1. The second kappa shape index (κ2) is 9.62. The molecule has 2 aliphatic rings. The van der Waals surface area contributed by atoms with E-state index in [1.807, 2.05) is 42.5 Å². The lowest BCUT2D eigenvalue weighted by atomic mass is 9.94. The number of rotatable bonds is 5. The average Bonchev–Trinajstić information content (AvgIpc) is 3.19. The van der Waals surface area contributed by atoms with Gasteiger partial charge in [-0.3, -0.25) is 4.90 Å². The van der Waals surface area contributed by atoms with Crippen LogP contribution in [0, 0.1) is 0 Å². The zero-order valence-corrected chi connectivity index (χ0v) is 23.7. The minimum absolute atomic E-state index is 0.0463. The second-order valence-corrected chi connectivity index (χ2v) is 16.5. The van der Waals surface area contributed by atoms with E-state index >= 15 is 0 Å². The number of fused-ring (bicyclic) bond motifs is 4. The molecule has 5 rings (SSSR count). The number of carbonyl (C=O) groups excluding carboxylic acids is 1. The van der Waals surface area contributed by atoms with E-state index in [1.165, 1.54) is 4.90 Å². The number of ether oxygens (including phenoxy) is 1. The Bertz CT molecular complexity index is 1350. The van der Waals surface area contributed by atoms with Crippen LogP contribution in [0.15, 0.2) is 66.7 Å². The predicted octanol–water partition coefficient (Wildman–Crippen LogP) is 6.83. The van der Waals surface area contributed by atoms with Gasteiger partial charge in [0, 0.05) is 12.3 Å². The van der Waals surface area contributed by atoms with Gasteiger partial charge in [0.25, 0.3) is 0 Å². The largest absolute Gasteiger partial charge is 0.543 e. The van der Waals surface area contributed by atoms with Crippen LogP contribution in [0.4, 0.5) is 4.79 Å². The van der Waals surface area contributed by atoms with Gasteiger partial charge in [-0.25, -0.2) is 9.59 Å². The Morgan fingerprint density at radius 1 is 0.947 bits per heavy atom. The topological polar surface area (TPSA) is 76.1 Å². The molecule has 1 amide bonds. The summed E-state index contributed by atoms with van der Waals surface area (Å²) in [5, 5.41) is 10.00. The van der Waals surface area contributed by atoms with Crippen molar-refractivity contribution >= 4 is 20.4 Å². The Balaban J connectivity index is 1.36. The van der Waals surface area contributed by atoms with Crippen molar-refractivity contribution in [1.29, 1.82) is 0 Å². The van der Waals surface area contributed by atoms with Gasteiger partial charge < -0.3 is 14.3 Å². The van der Waals surface area contributed by atoms with E-state index in [4.69, 9.17) is 9.16 Å².